The molecule has 4 rings (SSSR count). The minimum absolute atomic E-state index is 0.00554. The van der Waals surface area contributed by atoms with E-state index in [-0.39, 0.29) is 6.04 Å². The lowest BCUT2D eigenvalue weighted by molar-refractivity contribution is 0.318. The van der Waals surface area contributed by atoms with Crippen molar-refractivity contribution in [3.63, 3.8) is 0 Å². The zero-order chi connectivity index (χ0) is 16.2. The third-order valence-corrected chi connectivity index (χ3v) is 3.79. The van der Waals surface area contributed by atoms with Crippen molar-refractivity contribution in [3.8, 4) is 11.6 Å². The van der Waals surface area contributed by atoms with Gasteiger partial charge in [0.1, 0.15) is 18.4 Å². The van der Waals surface area contributed by atoms with Gasteiger partial charge in [-0.2, -0.15) is 0 Å². The Morgan fingerprint density at radius 1 is 0.875 bits per heavy atom. The van der Waals surface area contributed by atoms with Crippen LogP contribution < -0.4 is 4.74 Å². The van der Waals surface area contributed by atoms with Crippen LogP contribution in [0, 0.1) is 0 Å². The van der Waals surface area contributed by atoms with E-state index in [1.165, 1.54) is 0 Å². The minimum atomic E-state index is 0.00554. The molecule has 2 aromatic carbocycles. The van der Waals surface area contributed by atoms with Crippen molar-refractivity contribution in [3.05, 3.63) is 90.1 Å². The Kier molecular flexibility index (Phi) is 3.94. The number of rotatable bonds is 4. The molecule has 0 spiro atoms. The van der Waals surface area contributed by atoms with Gasteiger partial charge in [-0.05, 0) is 29.8 Å². The molecule has 0 amide bonds. The zero-order valence-electron chi connectivity index (χ0n) is 13.0. The molecule has 1 aromatic heterocycles. The number of aliphatic imine (C=N–C) groups is 1. The van der Waals surface area contributed by atoms with Gasteiger partial charge in [0.05, 0.1) is 5.56 Å². The molecule has 0 N–H and O–H groups in total. The van der Waals surface area contributed by atoms with Crippen molar-refractivity contribution < 1.29 is 9.47 Å². The molecule has 1 atom stereocenters. The number of aromatic nitrogens is 1. The second-order valence-electron chi connectivity index (χ2n) is 5.44. The maximum atomic E-state index is 5.89. The highest BCUT2D eigenvalue weighted by molar-refractivity contribution is 5.97. The van der Waals surface area contributed by atoms with Gasteiger partial charge in [0, 0.05) is 6.20 Å². The predicted octanol–water partition coefficient (Wildman–Crippen LogP) is 4.39. The lowest BCUT2D eigenvalue weighted by atomic mass is 10.1. The van der Waals surface area contributed by atoms with Gasteiger partial charge in [-0.3, -0.25) is 0 Å². The average Bonchev–Trinajstić information content (AvgIpc) is 3.14. The number of pyridine rings is 1. The SMILES string of the molecule is c1ccc(Oc2ncccc2C2=NC(c3ccccc3)CO2)cc1. The number of ether oxygens (including phenoxy) is 2. The summed E-state index contributed by atoms with van der Waals surface area (Å²) in [6, 6.07) is 23.5. The molecule has 4 heteroatoms. The van der Waals surface area contributed by atoms with Crippen LogP contribution in [0.3, 0.4) is 0 Å². The van der Waals surface area contributed by atoms with Gasteiger partial charge in [0.25, 0.3) is 0 Å². The number of hydrogen-bond acceptors (Lipinski definition) is 4. The summed E-state index contributed by atoms with van der Waals surface area (Å²) in [4.78, 5) is 9.04. The Bertz CT molecular complexity index is 848. The number of hydrogen-bond donors (Lipinski definition) is 0. The molecule has 0 aliphatic carbocycles. The fourth-order valence-electron chi connectivity index (χ4n) is 2.60. The standard InChI is InChI=1S/C20H16N2O2/c1-3-8-15(9-4-1)18-14-23-20(22-18)17-12-7-13-21-19(17)24-16-10-5-2-6-11-16/h1-13,18H,14H2. The quantitative estimate of drug-likeness (QED) is 0.717. The highest BCUT2D eigenvalue weighted by Crippen LogP contribution is 2.29. The summed E-state index contributed by atoms with van der Waals surface area (Å²) in [7, 11) is 0. The van der Waals surface area contributed by atoms with Gasteiger partial charge >= 0.3 is 0 Å². The Labute approximate surface area is 140 Å². The largest absolute Gasteiger partial charge is 0.475 e. The van der Waals surface area contributed by atoms with E-state index < -0.39 is 0 Å². The van der Waals surface area contributed by atoms with E-state index in [1.54, 1.807) is 6.20 Å². The molecule has 1 aliphatic heterocycles. The van der Waals surface area contributed by atoms with Crippen LogP contribution in [0.15, 0.2) is 84.0 Å². The molecule has 1 unspecified atom stereocenters. The van der Waals surface area contributed by atoms with E-state index >= 15 is 0 Å². The third kappa shape index (κ3) is 2.99. The van der Waals surface area contributed by atoms with Gasteiger partial charge in [0.15, 0.2) is 0 Å². The van der Waals surface area contributed by atoms with Crippen LogP contribution in [0.2, 0.25) is 0 Å². The molecule has 0 fully saturated rings. The summed E-state index contributed by atoms with van der Waals surface area (Å²) in [5.41, 5.74) is 1.90. The molecule has 3 aromatic rings. The number of benzene rings is 2. The molecule has 4 nitrogen and oxygen atoms in total. The van der Waals surface area contributed by atoms with Gasteiger partial charge in [-0.1, -0.05) is 48.5 Å². The molecule has 1 aliphatic rings. The van der Waals surface area contributed by atoms with Crippen molar-refractivity contribution in [2.75, 3.05) is 6.61 Å². The van der Waals surface area contributed by atoms with Gasteiger partial charge in [-0.25, -0.2) is 9.98 Å². The first-order valence-electron chi connectivity index (χ1n) is 7.84. The zero-order valence-corrected chi connectivity index (χ0v) is 13.0. The van der Waals surface area contributed by atoms with Crippen LogP contribution >= 0.6 is 0 Å². The summed E-state index contributed by atoms with van der Waals surface area (Å²) in [6.45, 7) is 0.527. The first-order chi connectivity index (χ1) is 11.9. The summed E-state index contributed by atoms with van der Waals surface area (Å²) in [5, 5.41) is 0. The van der Waals surface area contributed by atoms with E-state index in [9.17, 15) is 0 Å². The Morgan fingerprint density at radius 3 is 2.42 bits per heavy atom. The highest BCUT2D eigenvalue weighted by Gasteiger charge is 2.24. The third-order valence-electron chi connectivity index (χ3n) is 3.79. The minimum Gasteiger partial charge on any atom is -0.475 e. The van der Waals surface area contributed by atoms with Gasteiger partial charge in [0.2, 0.25) is 11.8 Å². The van der Waals surface area contributed by atoms with E-state index in [4.69, 9.17) is 14.5 Å². The smallest absolute Gasteiger partial charge is 0.231 e. The Hall–Kier alpha value is -3.14. The van der Waals surface area contributed by atoms with Crippen LogP contribution in [0.4, 0.5) is 0 Å². The molecule has 24 heavy (non-hydrogen) atoms. The summed E-state index contributed by atoms with van der Waals surface area (Å²) in [6.07, 6.45) is 1.70. The Balaban J connectivity index is 1.63. The first-order valence-corrected chi connectivity index (χ1v) is 7.84. The summed E-state index contributed by atoms with van der Waals surface area (Å²) < 4.78 is 11.7. The highest BCUT2D eigenvalue weighted by atomic mass is 16.5. The van der Waals surface area contributed by atoms with E-state index in [0.29, 0.717) is 18.4 Å². The van der Waals surface area contributed by atoms with Crippen LogP contribution in [0.25, 0.3) is 0 Å². The topological polar surface area (TPSA) is 43.7 Å². The van der Waals surface area contributed by atoms with Crippen molar-refractivity contribution in [2.24, 2.45) is 4.99 Å². The average molecular weight is 316 g/mol. The van der Waals surface area contributed by atoms with Crippen LogP contribution in [0.5, 0.6) is 11.6 Å². The van der Waals surface area contributed by atoms with Crippen LogP contribution in [0.1, 0.15) is 17.2 Å². The monoisotopic (exact) mass is 316 g/mol. The van der Waals surface area contributed by atoms with Crippen molar-refractivity contribution in [2.45, 2.75) is 6.04 Å². The van der Waals surface area contributed by atoms with Crippen LogP contribution in [-0.2, 0) is 4.74 Å². The van der Waals surface area contributed by atoms with Gasteiger partial charge in [-0.15, -0.1) is 0 Å². The van der Waals surface area contributed by atoms with Crippen molar-refractivity contribution in [1.29, 1.82) is 0 Å². The Morgan fingerprint density at radius 2 is 1.62 bits per heavy atom. The molecule has 2 heterocycles. The molecule has 0 radical (unpaired) electrons. The van der Waals surface area contributed by atoms with E-state index in [0.717, 1.165) is 16.9 Å². The van der Waals surface area contributed by atoms with E-state index in [2.05, 4.69) is 17.1 Å². The summed E-state index contributed by atoms with van der Waals surface area (Å²) in [5.74, 6) is 1.80. The fraction of sp³-hybridized carbons (Fsp3) is 0.100. The maximum absolute atomic E-state index is 5.89. The lowest BCUT2D eigenvalue weighted by Gasteiger charge is -2.09. The van der Waals surface area contributed by atoms with Gasteiger partial charge < -0.3 is 9.47 Å². The number of nitrogens with zero attached hydrogens (tertiary/aromatic N) is 2. The molecular formula is C20H16N2O2. The summed E-state index contributed by atoms with van der Waals surface area (Å²) >= 11 is 0. The molecule has 0 saturated carbocycles. The fourth-order valence-corrected chi connectivity index (χ4v) is 2.60. The van der Waals surface area contributed by atoms with E-state index in [1.807, 2.05) is 60.7 Å². The number of para-hydroxylation sites is 1. The van der Waals surface area contributed by atoms with Crippen LogP contribution in [-0.4, -0.2) is 17.5 Å². The predicted molar refractivity (Wildman–Crippen MR) is 92.4 cm³/mol. The second kappa shape index (κ2) is 6.54. The first kappa shape index (κ1) is 14.5. The molecular weight excluding hydrogens is 300 g/mol. The second-order valence-corrected chi connectivity index (χ2v) is 5.44. The van der Waals surface area contributed by atoms with Crippen molar-refractivity contribution >= 4 is 5.90 Å². The lowest BCUT2D eigenvalue weighted by Crippen LogP contribution is -2.04. The van der Waals surface area contributed by atoms with Crippen molar-refractivity contribution in [1.82, 2.24) is 4.98 Å². The molecule has 0 saturated heterocycles. The normalized spacial score (nSPS) is 16.3. The maximum Gasteiger partial charge on any atom is 0.231 e. The molecule has 118 valence electrons. The molecule has 0 bridgehead atoms.